The Kier molecular flexibility index (Phi) is 5.87. The number of fused-ring (bicyclic) bond motifs is 1. The number of rotatable bonds is 5. The molecule has 2 aromatic heterocycles. The number of para-hydroxylation sites is 1. The van der Waals surface area contributed by atoms with Gasteiger partial charge in [0.2, 0.25) is 0 Å². The van der Waals surface area contributed by atoms with E-state index < -0.39 is 0 Å². The molecule has 1 aliphatic heterocycles. The molecule has 1 aliphatic rings. The van der Waals surface area contributed by atoms with Crippen molar-refractivity contribution in [1.82, 2.24) is 24.6 Å². The van der Waals surface area contributed by atoms with Crippen LogP contribution >= 0.6 is 0 Å². The molecule has 6 nitrogen and oxygen atoms in total. The Hall–Kier alpha value is -4.17. The molecular weight excluding hydrogens is 458 g/mol. The molecule has 3 aromatic carbocycles. The second-order valence-electron chi connectivity index (χ2n) is 8.86. The minimum Gasteiger partial charge on any atom is -0.353 e. The number of hydrogen-bond acceptors (Lipinski definition) is 5. The Bertz CT molecular complexity index is 1410. The highest BCUT2D eigenvalue weighted by Gasteiger charge is 2.28. The molecule has 0 atom stereocenters. The number of benzene rings is 3. The zero-order chi connectivity index (χ0) is 24.5. The van der Waals surface area contributed by atoms with E-state index in [1.807, 2.05) is 65.5 Å². The summed E-state index contributed by atoms with van der Waals surface area (Å²) in [5.74, 6) is 0.317. The first-order chi connectivity index (χ1) is 17.7. The number of aromatic nitrogens is 4. The minimum absolute atomic E-state index is 0.0976. The van der Waals surface area contributed by atoms with Crippen molar-refractivity contribution in [3.63, 3.8) is 0 Å². The van der Waals surface area contributed by atoms with Gasteiger partial charge in [0.25, 0.3) is 0 Å². The molecule has 180 valence electrons. The molecule has 0 aliphatic carbocycles. The molecule has 8 heteroatoms. The standard InChI is InChI=1S/C28H24F2N6/c29-22-10-6-20(7-11-22)26(21-8-12-23(30)13-9-21)34-14-16-35(17-15-34)27-25-18-33-36(28(25)32-19-31-27)24-4-2-1-3-5-24/h1-13,18-19,26H,14-17H2. The van der Waals surface area contributed by atoms with Crippen LogP contribution in [-0.2, 0) is 0 Å². The van der Waals surface area contributed by atoms with E-state index in [1.54, 1.807) is 6.33 Å². The third-order valence-electron chi connectivity index (χ3n) is 6.70. The van der Waals surface area contributed by atoms with Crippen molar-refractivity contribution >= 4 is 16.9 Å². The molecule has 36 heavy (non-hydrogen) atoms. The van der Waals surface area contributed by atoms with Crippen LogP contribution in [0.5, 0.6) is 0 Å². The van der Waals surface area contributed by atoms with Crippen LogP contribution in [0.15, 0.2) is 91.4 Å². The molecule has 0 spiro atoms. The van der Waals surface area contributed by atoms with Crippen LogP contribution in [0.3, 0.4) is 0 Å². The van der Waals surface area contributed by atoms with Gasteiger partial charge in [-0.25, -0.2) is 23.4 Å². The zero-order valence-corrected chi connectivity index (χ0v) is 19.5. The van der Waals surface area contributed by atoms with Gasteiger partial charge in [-0.15, -0.1) is 0 Å². The summed E-state index contributed by atoms with van der Waals surface area (Å²) in [5, 5.41) is 5.48. The fraction of sp³-hybridized carbons (Fsp3) is 0.179. The summed E-state index contributed by atoms with van der Waals surface area (Å²) in [6, 6.07) is 23.0. The molecule has 0 unspecified atom stereocenters. The predicted molar refractivity (Wildman–Crippen MR) is 135 cm³/mol. The van der Waals surface area contributed by atoms with Gasteiger partial charge in [0.15, 0.2) is 5.65 Å². The highest BCUT2D eigenvalue weighted by molar-refractivity contribution is 5.87. The lowest BCUT2D eigenvalue weighted by Gasteiger charge is -2.40. The van der Waals surface area contributed by atoms with Crippen molar-refractivity contribution in [2.75, 3.05) is 31.1 Å². The van der Waals surface area contributed by atoms with Gasteiger partial charge in [-0.1, -0.05) is 42.5 Å². The summed E-state index contributed by atoms with van der Waals surface area (Å²) in [7, 11) is 0. The monoisotopic (exact) mass is 482 g/mol. The van der Waals surface area contributed by atoms with E-state index in [-0.39, 0.29) is 17.7 Å². The number of hydrogen-bond donors (Lipinski definition) is 0. The van der Waals surface area contributed by atoms with Gasteiger partial charge in [-0.2, -0.15) is 5.10 Å². The molecule has 0 amide bonds. The summed E-state index contributed by atoms with van der Waals surface area (Å²) in [5.41, 5.74) is 3.67. The molecule has 0 N–H and O–H groups in total. The fourth-order valence-electron chi connectivity index (χ4n) is 4.94. The Labute approximate surface area is 207 Å². The predicted octanol–water partition coefficient (Wildman–Crippen LogP) is 5.01. The Morgan fingerprint density at radius 1 is 0.694 bits per heavy atom. The van der Waals surface area contributed by atoms with Crippen LogP contribution in [0.4, 0.5) is 14.6 Å². The van der Waals surface area contributed by atoms with E-state index in [1.165, 1.54) is 24.3 Å². The van der Waals surface area contributed by atoms with Crippen LogP contribution in [0, 0.1) is 11.6 Å². The molecular formula is C28H24F2N6. The summed E-state index contributed by atoms with van der Waals surface area (Å²) in [6.07, 6.45) is 3.41. The summed E-state index contributed by atoms with van der Waals surface area (Å²) in [4.78, 5) is 13.7. The van der Waals surface area contributed by atoms with Crippen molar-refractivity contribution in [1.29, 1.82) is 0 Å². The van der Waals surface area contributed by atoms with Crippen LogP contribution in [-0.4, -0.2) is 50.8 Å². The summed E-state index contributed by atoms with van der Waals surface area (Å²) >= 11 is 0. The largest absolute Gasteiger partial charge is 0.353 e. The third kappa shape index (κ3) is 4.20. The van der Waals surface area contributed by atoms with Crippen molar-refractivity contribution in [3.8, 4) is 5.69 Å². The lowest BCUT2D eigenvalue weighted by molar-refractivity contribution is 0.212. The van der Waals surface area contributed by atoms with Gasteiger partial charge < -0.3 is 4.90 Å². The molecule has 0 saturated carbocycles. The molecule has 6 rings (SSSR count). The second-order valence-corrected chi connectivity index (χ2v) is 8.86. The molecule has 1 fully saturated rings. The Balaban J connectivity index is 1.27. The first kappa shape index (κ1) is 22.3. The Morgan fingerprint density at radius 3 is 1.92 bits per heavy atom. The number of anilines is 1. The van der Waals surface area contributed by atoms with Crippen molar-refractivity contribution in [2.45, 2.75) is 6.04 Å². The highest BCUT2D eigenvalue weighted by Crippen LogP contribution is 2.32. The van der Waals surface area contributed by atoms with Gasteiger partial charge in [-0.3, -0.25) is 4.90 Å². The quantitative estimate of drug-likeness (QED) is 0.353. The highest BCUT2D eigenvalue weighted by atomic mass is 19.1. The normalized spacial score (nSPS) is 14.6. The molecule has 3 heterocycles. The first-order valence-electron chi connectivity index (χ1n) is 11.9. The lowest BCUT2D eigenvalue weighted by atomic mass is 9.96. The van der Waals surface area contributed by atoms with E-state index in [0.29, 0.717) is 0 Å². The van der Waals surface area contributed by atoms with Gasteiger partial charge in [0.05, 0.1) is 23.3 Å². The van der Waals surface area contributed by atoms with Crippen LogP contribution in [0.2, 0.25) is 0 Å². The van der Waals surface area contributed by atoms with Crippen molar-refractivity contribution in [3.05, 3.63) is 114 Å². The molecule has 1 saturated heterocycles. The topological polar surface area (TPSA) is 50.1 Å². The van der Waals surface area contributed by atoms with E-state index >= 15 is 0 Å². The smallest absolute Gasteiger partial charge is 0.168 e. The van der Waals surface area contributed by atoms with Gasteiger partial charge in [0, 0.05) is 26.2 Å². The van der Waals surface area contributed by atoms with Crippen LogP contribution < -0.4 is 4.90 Å². The van der Waals surface area contributed by atoms with E-state index in [9.17, 15) is 8.78 Å². The number of piperazine rings is 1. The summed E-state index contributed by atoms with van der Waals surface area (Å²) < 4.78 is 29.1. The maximum absolute atomic E-state index is 13.6. The average Bonchev–Trinajstić information content (AvgIpc) is 3.36. The minimum atomic E-state index is -0.273. The maximum atomic E-state index is 13.6. The SMILES string of the molecule is Fc1ccc(C(c2ccc(F)cc2)N2CCN(c3ncnc4c3cnn4-c3ccccc3)CC2)cc1. The van der Waals surface area contributed by atoms with E-state index in [0.717, 1.165) is 59.8 Å². The van der Waals surface area contributed by atoms with E-state index in [4.69, 9.17) is 0 Å². The maximum Gasteiger partial charge on any atom is 0.168 e. The van der Waals surface area contributed by atoms with Crippen molar-refractivity contribution in [2.24, 2.45) is 0 Å². The second kappa shape index (κ2) is 9.47. The molecule has 0 bridgehead atoms. The number of nitrogens with zero attached hydrogens (tertiary/aromatic N) is 6. The molecule has 5 aromatic rings. The molecule has 0 radical (unpaired) electrons. The van der Waals surface area contributed by atoms with Crippen LogP contribution in [0.25, 0.3) is 16.7 Å². The third-order valence-corrected chi connectivity index (χ3v) is 6.70. The zero-order valence-electron chi connectivity index (χ0n) is 19.5. The van der Waals surface area contributed by atoms with E-state index in [2.05, 4.69) is 24.9 Å². The van der Waals surface area contributed by atoms with Gasteiger partial charge in [0.1, 0.15) is 23.8 Å². The lowest BCUT2D eigenvalue weighted by Crippen LogP contribution is -2.48. The van der Waals surface area contributed by atoms with Gasteiger partial charge >= 0.3 is 0 Å². The fourth-order valence-corrected chi connectivity index (χ4v) is 4.94. The summed E-state index contributed by atoms with van der Waals surface area (Å²) in [6.45, 7) is 3.03. The van der Waals surface area contributed by atoms with Crippen LogP contribution in [0.1, 0.15) is 17.2 Å². The first-order valence-corrected chi connectivity index (χ1v) is 11.9. The van der Waals surface area contributed by atoms with Crippen molar-refractivity contribution < 1.29 is 8.78 Å². The average molecular weight is 483 g/mol. The Morgan fingerprint density at radius 2 is 1.31 bits per heavy atom. The number of halogens is 2. The van der Waals surface area contributed by atoms with Gasteiger partial charge in [-0.05, 0) is 47.5 Å².